The van der Waals surface area contributed by atoms with Crippen LogP contribution in [0, 0.1) is 11.8 Å². The topological polar surface area (TPSA) is 58.6 Å². The van der Waals surface area contributed by atoms with Gasteiger partial charge in [-0.05, 0) is 82.7 Å². The largest absolute Gasteiger partial charge is 0.489 e. The third-order valence-electron chi connectivity index (χ3n) is 7.68. The van der Waals surface area contributed by atoms with Gasteiger partial charge in [0.2, 0.25) is 5.91 Å². The van der Waals surface area contributed by atoms with Crippen LogP contribution in [0.1, 0.15) is 90.7 Å². The van der Waals surface area contributed by atoms with Gasteiger partial charge in [0.1, 0.15) is 12.4 Å². The lowest BCUT2D eigenvalue weighted by atomic mass is 9.86. The van der Waals surface area contributed by atoms with Crippen molar-refractivity contribution in [3.8, 4) is 5.75 Å². The molecule has 3 rings (SSSR count). The van der Waals surface area contributed by atoms with Crippen molar-refractivity contribution in [2.75, 3.05) is 7.05 Å². The standard InChI is InChI=1S/C34H50N2O3/c1-25(2)21-31(36(6)29-15-11-8-12-16-29)32(37)23-28(33(38)35-34(3,4)5)22-26-17-19-30(20-18-26)39-24-27-13-9-7-10-14-27/h7,9-10,13-14,17-20,25,28-29,31H,8,11-12,15-16,21-24H2,1-6H3,(H,35,38)/t28-,31+/m1/s1. The minimum atomic E-state index is -0.415. The third-order valence-corrected chi connectivity index (χ3v) is 7.68. The number of benzene rings is 2. The second-order valence-electron chi connectivity index (χ2n) is 12.8. The van der Waals surface area contributed by atoms with E-state index in [4.69, 9.17) is 4.74 Å². The quantitative estimate of drug-likeness (QED) is 0.301. The van der Waals surface area contributed by atoms with Crippen LogP contribution < -0.4 is 10.1 Å². The number of carbonyl (C=O) groups excluding carboxylic acids is 2. The minimum absolute atomic E-state index is 0.0520. The van der Waals surface area contributed by atoms with Gasteiger partial charge in [-0.1, -0.05) is 75.6 Å². The van der Waals surface area contributed by atoms with E-state index in [9.17, 15) is 9.59 Å². The first-order valence-corrected chi connectivity index (χ1v) is 14.8. The van der Waals surface area contributed by atoms with Crippen molar-refractivity contribution in [2.45, 2.75) is 110 Å². The highest BCUT2D eigenvalue weighted by atomic mass is 16.5. The monoisotopic (exact) mass is 534 g/mol. The first kappa shape index (κ1) is 30.9. The first-order valence-electron chi connectivity index (χ1n) is 14.8. The summed E-state index contributed by atoms with van der Waals surface area (Å²) in [6, 6.07) is 18.3. The van der Waals surface area contributed by atoms with E-state index < -0.39 is 5.92 Å². The van der Waals surface area contributed by atoms with Gasteiger partial charge in [-0.3, -0.25) is 14.5 Å². The summed E-state index contributed by atoms with van der Waals surface area (Å²) in [5.74, 6) is 0.926. The van der Waals surface area contributed by atoms with Gasteiger partial charge in [0.15, 0.2) is 5.78 Å². The van der Waals surface area contributed by atoms with Crippen molar-refractivity contribution in [1.29, 1.82) is 0 Å². The van der Waals surface area contributed by atoms with Crippen molar-refractivity contribution in [3.05, 3.63) is 65.7 Å². The van der Waals surface area contributed by atoms with Crippen LogP contribution in [-0.2, 0) is 22.6 Å². The number of hydrogen-bond donors (Lipinski definition) is 1. The van der Waals surface area contributed by atoms with Gasteiger partial charge in [-0.25, -0.2) is 0 Å². The molecule has 5 heteroatoms. The van der Waals surface area contributed by atoms with Gasteiger partial charge in [-0.15, -0.1) is 0 Å². The molecule has 1 saturated carbocycles. The molecule has 0 radical (unpaired) electrons. The number of nitrogens with one attached hydrogen (secondary N) is 1. The SMILES string of the molecule is CC(C)C[C@@H](C(=O)C[C@@H](Cc1ccc(OCc2ccccc2)cc1)C(=O)NC(C)(C)C)N(C)C1CCCCC1. The van der Waals surface area contributed by atoms with Crippen molar-refractivity contribution in [1.82, 2.24) is 10.2 Å². The maximum absolute atomic E-state index is 13.9. The maximum atomic E-state index is 13.9. The highest BCUT2D eigenvalue weighted by Crippen LogP contribution is 2.27. The van der Waals surface area contributed by atoms with E-state index >= 15 is 0 Å². The fourth-order valence-electron chi connectivity index (χ4n) is 5.57. The molecular formula is C34H50N2O3. The molecular weight excluding hydrogens is 484 g/mol. The molecule has 0 unspecified atom stereocenters. The average Bonchev–Trinajstić information content (AvgIpc) is 2.90. The highest BCUT2D eigenvalue weighted by Gasteiger charge is 2.33. The van der Waals surface area contributed by atoms with Crippen molar-refractivity contribution < 1.29 is 14.3 Å². The maximum Gasteiger partial charge on any atom is 0.224 e. The predicted molar refractivity (Wildman–Crippen MR) is 160 cm³/mol. The van der Waals surface area contributed by atoms with E-state index in [1.165, 1.54) is 19.3 Å². The molecule has 1 aliphatic rings. The van der Waals surface area contributed by atoms with Gasteiger partial charge < -0.3 is 10.1 Å². The number of ketones is 1. The summed E-state index contributed by atoms with van der Waals surface area (Å²) < 4.78 is 5.94. The Bertz CT molecular complexity index is 1020. The molecule has 2 atom stereocenters. The van der Waals surface area contributed by atoms with Gasteiger partial charge in [0.05, 0.1) is 6.04 Å². The van der Waals surface area contributed by atoms with Crippen molar-refractivity contribution >= 4 is 11.7 Å². The summed E-state index contributed by atoms with van der Waals surface area (Å²) >= 11 is 0. The fourth-order valence-corrected chi connectivity index (χ4v) is 5.57. The second-order valence-corrected chi connectivity index (χ2v) is 12.8. The second kappa shape index (κ2) is 14.6. The van der Waals surface area contributed by atoms with Gasteiger partial charge >= 0.3 is 0 Å². The zero-order valence-corrected chi connectivity index (χ0v) is 25.0. The van der Waals surface area contributed by atoms with E-state index in [0.29, 0.717) is 25.0 Å². The molecule has 0 aromatic heterocycles. The van der Waals surface area contributed by atoms with E-state index in [-0.39, 0.29) is 29.7 Å². The Morgan fingerprint density at radius 3 is 2.18 bits per heavy atom. The van der Waals surface area contributed by atoms with Gasteiger partial charge in [0.25, 0.3) is 0 Å². The molecule has 0 heterocycles. The van der Waals surface area contributed by atoms with E-state index in [1.54, 1.807) is 0 Å². The van der Waals surface area contributed by atoms with Crippen LogP contribution in [0.5, 0.6) is 5.75 Å². The lowest BCUT2D eigenvalue weighted by Gasteiger charge is -2.37. The smallest absolute Gasteiger partial charge is 0.224 e. The van der Waals surface area contributed by atoms with Crippen molar-refractivity contribution in [2.24, 2.45) is 11.8 Å². The highest BCUT2D eigenvalue weighted by molar-refractivity contribution is 5.90. The zero-order chi connectivity index (χ0) is 28.4. The number of likely N-dealkylation sites (N-methyl/N-ethyl adjacent to an activating group) is 1. The molecule has 1 N–H and O–H groups in total. The van der Waals surface area contributed by atoms with E-state index in [0.717, 1.165) is 36.1 Å². The van der Waals surface area contributed by atoms with E-state index in [2.05, 4.69) is 31.1 Å². The van der Waals surface area contributed by atoms with Gasteiger partial charge in [-0.2, -0.15) is 0 Å². The molecule has 2 aromatic carbocycles. The molecule has 39 heavy (non-hydrogen) atoms. The third kappa shape index (κ3) is 10.4. The number of Topliss-reactive ketones (excluding diaryl/α,β-unsaturated/α-hetero) is 1. The Hall–Kier alpha value is -2.66. The van der Waals surface area contributed by atoms with Crippen LogP contribution in [-0.4, -0.2) is 41.3 Å². The summed E-state index contributed by atoms with van der Waals surface area (Å²) in [7, 11) is 2.12. The predicted octanol–water partition coefficient (Wildman–Crippen LogP) is 6.98. The zero-order valence-electron chi connectivity index (χ0n) is 25.0. The summed E-state index contributed by atoms with van der Waals surface area (Å²) in [5, 5.41) is 3.14. The number of nitrogens with zero attached hydrogens (tertiary/aromatic N) is 1. The van der Waals surface area contributed by atoms with E-state index in [1.807, 2.05) is 75.4 Å². The molecule has 1 fully saturated rings. The average molecular weight is 535 g/mol. The number of rotatable bonds is 13. The lowest BCUT2D eigenvalue weighted by Crippen LogP contribution is -2.49. The van der Waals surface area contributed by atoms with Crippen LogP contribution in [0.3, 0.4) is 0 Å². The molecule has 0 saturated heterocycles. The lowest BCUT2D eigenvalue weighted by molar-refractivity contribution is -0.133. The van der Waals surface area contributed by atoms with Crippen LogP contribution in [0.15, 0.2) is 54.6 Å². The minimum Gasteiger partial charge on any atom is -0.489 e. The van der Waals surface area contributed by atoms with Crippen LogP contribution >= 0.6 is 0 Å². The van der Waals surface area contributed by atoms with Crippen molar-refractivity contribution in [3.63, 3.8) is 0 Å². The summed E-state index contributed by atoms with van der Waals surface area (Å²) in [6.45, 7) is 10.8. The molecule has 5 nitrogen and oxygen atoms in total. The van der Waals surface area contributed by atoms with Gasteiger partial charge in [0, 0.05) is 23.9 Å². The molecule has 1 amide bonds. The molecule has 0 bridgehead atoms. The Morgan fingerprint density at radius 1 is 0.949 bits per heavy atom. The Labute approximate surface area is 236 Å². The Kier molecular flexibility index (Phi) is 11.6. The number of amides is 1. The van der Waals surface area contributed by atoms with Crippen LogP contribution in [0.2, 0.25) is 0 Å². The molecule has 0 spiro atoms. The molecule has 0 aliphatic heterocycles. The van der Waals surface area contributed by atoms with Crippen LogP contribution in [0.4, 0.5) is 0 Å². The molecule has 214 valence electrons. The number of hydrogen-bond acceptors (Lipinski definition) is 4. The summed E-state index contributed by atoms with van der Waals surface area (Å²) in [4.78, 5) is 29.6. The molecule has 1 aliphatic carbocycles. The Balaban J connectivity index is 1.72. The summed E-state index contributed by atoms with van der Waals surface area (Å²) in [6.07, 6.45) is 7.68. The molecule has 2 aromatic rings. The first-order chi connectivity index (χ1) is 18.5. The summed E-state index contributed by atoms with van der Waals surface area (Å²) in [5.41, 5.74) is 1.79. The Morgan fingerprint density at radius 2 is 1.59 bits per heavy atom. The normalized spacial score (nSPS) is 16.2. The number of ether oxygens (including phenoxy) is 1. The fraction of sp³-hybridized carbons (Fsp3) is 0.588. The van der Waals surface area contributed by atoms with Crippen LogP contribution in [0.25, 0.3) is 0 Å². The number of carbonyl (C=O) groups is 2.